The summed E-state index contributed by atoms with van der Waals surface area (Å²) in [5.74, 6) is 0.490. The van der Waals surface area contributed by atoms with E-state index in [0.29, 0.717) is 24.1 Å². The zero-order chi connectivity index (χ0) is 13.0. The third-order valence-corrected chi connectivity index (χ3v) is 3.03. The largest absolute Gasteiger partial charge is 0.475 e. The molecule has 0 aliphatic heterocycles. The summed E-state index contributed by atoms with van der Waals surface area (Å²) in [5, 5.41) is 12.4. The molecule has 18 heavy (non-hydrogen) atoms. The van der Waals surface area contributed by atoms with Crippen LogP contribution >= 0.6 is 0 Å². The molecular formula is C14H19N3O. The fourth-order valence-electron chi connectivity index (χ4n) is 2.14. The number of fused-ring (bicyclic) bond motifs is 1. The van der Waals surface area contributed by atoms with Crippen LogP contribution < -0.4 is 10.1 Å². The van der Waals surface area contributed by atoms with Crippen LogP contribution in [0.5, 0.6) is 5.88 Å². The number of rotatable bonds is 5. The minimum atomic E-state index is 0.442. The molecule has 1 N–H and O–H groups in total. The zero-order valence-electron chi connectivity index (χ0n) is 11.0. The number of nitrogens with one attached hydrogen (secondary N) is 1. The average Bonchev–Trinajstić information content (AvgIpc) is 2.80. The molecule has 0 saturated carbocycles. The molecule has 96 valence electrons. The van der Waals surface area contributed by atoms with Gasteiger partial charge in [0.2, 0.25) is 5.88 Å². The molecule has 0 spiro atoms. The van der Waals surface area contributed by atoms with E-state index in [9.17, 15) is 0 Å². The first-order chi connectivity index (χ1) is 8.70. The molecule has 0 saturated heterocycles. The standard InChI is InChI=1S/C14H19N3O/c1-10(2)16-6-7-18-14-12(9-15)8-11-4-3-5-13(11)17-14/h8,10,16H,3-7H2,1-2H3. The first-order valence-electron chi connectivity index (χ1n) is 6.50. The second kappa shape index (κ2) is 5.83. The maximum atomic E-state index is 9.11. The van der Waals surface area contributed by atoms with Crippen molar-refractivity contribution in [2.45, 2.75) is 39.2 Å². The summed E-state index contributed by atoms with van der Waals surface area (Å²) in [5.41, 5.74) is 2.86. The molecule has 0 atom stereocenters. The average molecular weight is 245 g/mol. The molecule has 1 heterocycles. The number of hydrogen-bond acceptors (Lipinski definition) is 4. The highest BCUT2D eigenvalue weighted by Gasteiger charge is 2.17. The third kappa shape index (κ3) is 2.99. The maximum Gasteiger partial charge on any atom is 0.231 e. The van der Waals surface area contributed by atoms with Crippen LogP contribution in [0.3, 0.4) is 0 Å². The van der Waals surface area contributed by atoms with Gasteiger partial charge in [0.05, 0.1) is 0 Å². The topological polar surface area (TPSA) is 57.9 Å². The van der Waals surface area contributed by atoms with Crippen LogP contribution in [0.1, 0.15) is 37.1 Å². The Morgan fingerprint density at radius 1 is 1.50 bits per heavy atom. The van der Waals surface area contributed by atoms with Gasteiger partial charge in [-0.1, -0.05) is 13.8 Å². The normalized spacial score (nSPS) is 13.4. The molecule has 0 bridgehead atoms. The summed E-state index contributed by atoms with van der Waals surface area (Å²) < 4.78 is 5.61. The van der Waals surface area contributed by atoms with Crippen molar-refractivity contribution >= 4 is 0 Å². The monoisotopic (exact) mass is 245 g/mol. The van der Waals surface area contributed by atoms with E-state index in [2.05, 4.69) is 30.2 Å². The Hall–Kier alpha value is -1.60. The SMILES string of the molecule is CC(C)NCCOc1nc2c(cc1C#N)CCC2. The van der Waals surface area contributed by atoms with Gasteiger partial charge in [-0.3, -0.25) is 0 Å². The molecule has 2 rings (SSSR count). The van der Waals surface area contributed by atoms with E-state index in [0.717, 1.165) is 31.5 Å². The minimum absolute atomic E-state index is 0.442. The van der Waals surface area contributed by atoms with E-state index in [1.807, 2.05) is 6.07 Å². The smallest absolute Gasteiger partial charge is 0.231 e. The van der Waals surface area contributed by atoms with Crippen molar-refractivity contribution in [3.63, 3.8) is 0 Å². The van der Waals surface area contributed by atoms with E-state index < -0.39 is 0 Å². The minimum Gasteiger partial charge on any atom is -0.475 e. The second-order valence-corrected chi connectivity index (χ2v) is 4.87. The van der Waals surface area contributed by atoms with Crippen molar-refractivity contribution in [3.05, 3.63) is 22.9 Å². The van der Waals surface area contributed by atoms with Crippen LogP contribution in [0.15, 0.2) is 6.07 Å². The Morgan fingerprint density at radius 3 is 3.06 bits per heavy atom. The highest BCUT2D eigenvalue weighted by Crippen LogP contribution is 2.25. The molecule has 1 aromatic rings. The van der Waals surface area contributed by atoms with Gasteiger partial charge >= 0.3 is 0 Å². The van der Waals surface area contributed by atoms with Crippen molar-refractivity contribution in [2.75, 3.05) is 13.2 Å². The summed E-state index contributed by atoms with van der Waals surface area (Å²) in [4.78, 5) is 4.47. The van der Waals surface area contributed by atoms with Gasteiger partial charge in [-0.25, -0.2) is 4.98 Å². The van der Waals surface area contributed by atoms with Crippen molar-refractivity contribution < 1.29 is 4.74 Å². The molecule has 0 unspecified atom stereocenters. The van der Waals surface area contributed by atoms with Gasteiger partial charge in [0.25, 0.3) is 0 Å². The van der Waals surface area contributed by atoms with Crippen molar-refractivity contribution in [3.8, 4) is 11.9 Å². The Bertz CT molecular complexity index is 463. The predicted octanol–water partition coefficient (Wildman–Crippen LogP) is 1.82. The van der Waals surface area contributed by atoms with E-state index in [4.69, 9.17) is 10.00 Å². The fraction of sp³-hybridized carbons (Fsp3) is 0.571. The molecule has 0 fully saturated rings. The lowest BCUT2D eigenvalue weighted by Crippen LogP contribution is -2.27. The summed E-state index contributed by atoms with van der Waals surface area (Å²) in [6, 6.07) is 4.54. The lowest BCUT2D eigenvalue weighted by atomic mass is 10.1. The number of hydrogen-bond donors (Lipinski definition) is 1. The molecular weight excluding hydrogens is 226 g/mol. The van der Waals surface area contributed by atoms with Crippen LogP contribution in [0, 0.1) is 11.3 Å². The predicted molar refractivity (Wildman–Crippen MR) is 69.6 cm³/mol. The van der Waals surface area contributed by atoms with Crippen LogP contribution in [-0.2, 0) is 12.8 Å². The summed E-state index contributed by atoms with van der Waals surface area (Å²) in [6.07, 6.45) is 3.17. The molecule has 4 nitrogen and oxygen atoms in total. The lowest BCUT2D eigenvalue weighted by Gasteiger charge is -2.11. The molecule has 1 aliphatic carbocycles. The molecule has 1 aliphatic rings. The second-order valence-electron chi connectivity index (χ2n) is 4.87. The Balaban J connectivity index is 2.01. The van der Waals surface area contributed by atoms with Crippen molar-refractivity contribution in [2.24, 2.45) is 0 Å². The number of nitrogens with zero attached hydrogens (tertiary/aromatic N) is 2. The first-order valence-corrected chi connectivity index (χ1v) is 6.50. The van der Waals surface area contributed by atoms with Gasteiger partial charge in [-0.2, -0.15) is 5.26 Å². The number of ether oxygens (including phenoxy) is 1. The molecule has 4 heteroatoms. The maximum absolute atomic E-state index is 9.11. The van der Waals surface area contributed by atoms with Gasteiger partial charge in [0.1, 0.15) is 18.2 Å². The fourth-order valence-corrected chi connectivity index (χ4v) is 2.14. The van der Waals surface area contributed by atoms with Crippen LogP contribution in [-0.4, -0.2) is 24.2 Å². The number of aryl methyl sites for hydroxylation is 2. The Labute approximate surface area is 108 Å². The van der Waals surface area contributed by atoms with E-state index in [1.165, 1.54) is 5.56 Å². The van der Waals surface area contributed by atoms with Gasteiger partial charge in [-0.15, -0.1) is 0 Å². The zero-order valence-corrected chi connectivity index (χ0v) is 11.0. The first kappa shape index (κ1) is 12.8. The molecule has 1 aromatic heterocycles. The van der Waals surface area contributed by atoms with Crippen molar-refractivity contribution in [1.29, 1.82) is 5.26 Å². The number of nitriles is 1. The Kier molecular flexibility index (Phi) is 4.16. The van der Waals surface area contributed by atoms with Gasteiger partial charge < -0.3 is 10.1 Å². The molecule has 0 radical (unpaired) electrons. The number of aromatic nitrogens is 1. The van der Waals surface area contributed by atoms with E-state index in [1.54, 1.807) is 0 Å². The molecule has 0 amide bonds. The van der Waals surface area contributed by atoms with Crippen molar-refractivity contribution in [1.82, 2.24) is 10.3 Å². The van der Waals surface area contributed by atoms with Gasteiger partial charge in [0.15, 0.2) is 0 Å². The number of pyridine rings is 1. The van der Waals surface area contributed by atoms with E-state index >= 15 is 0 Å². The highest BCUT2D eigenvalue weighted by molar-refractivity contribution is 5.44. The summed E-state index contributed by atoms with van der Waals surface area (Å²) in [7, 11) is 0. The summed E-state index contributed by atoms with van der Waals surface area (Å²) >= 11 is 0. The van der Waals surface area contributed by atoms with Crippen LogP contribution in [0.2, 0.25) is 0 Å². The third-order valence-electron chi connectivity index (χ3n) is 3.03. The quantitative estimate of drug-likeness (QED) is 0.804. The molecule has 0 aromatic carbocycles. The summed E-state index contributed by atoms with van der Waals surface area (Å²) in [6.45, 7) is 5.49. The van der Waals surface area contributed by atoms with Crippen LogP contribution in [0.25, 0.3) is 0 Å². The van der Waals surface area contributed by atoms with Gasteiger partial charge in [0, 0.05) is 18.3 Å². The highest BCUT2D eigenvalue weighted by atomic mass is 16.5. The van der Waals surface area contributed by atoms with Crippen LogP contribution in [0.4, 0.5) is 0 Å². The lowest BCUT2D eigenvalue weighted by molar-refractivity contribution is 0.296. The van der Waals surface area contributed by atoms with Gasteiger partial charge in [-0.05, 0) is 30.9 Å². The Morgan fingerprint density at radius 2 is 2.33 bits per heavy atom. The van der Waals surface area contributed by atoms with E-state index in [-0.39, 0.29) is 0 Å².